The Balaban J connectivity index is 1.63. The summed E-state index contributed by atoms with van der Waals surface area (Å²) in [5.74, 6) is 0.00448. The third kappa shape index (κ3) is 3.71. The van der Waals surface area contributed by atoms with Crippen LogP contribution in [0, 0.1) is 0 Å². The van der Waals surface area contributed by atoms with E-state index in [0.717, 1.165) is 34.3 Å². The standard InChI is InChI=1S/C20H21N3O/c1-23(2)17-11-8-15(9-12-17)10-13-19(24)22-18-7-3-5-16-6-4-14-21-20(16)18/h3-9,11-12,14H,10,13H2,1-2H3,(H,22,24). The van der Waals surface area contributed by atoms with Gasteiger partial charge in [-0.25, -0.2) is 0 Å². The maximum absolute atomic E-state index is 12.3. The molecule has 0 saturated carbocycles. The molecule has 0 unspecified atom stereocenters. The highest BCUT2D eigenvalue weighted by atomic mass is 16.1. The normalized spacial score (nSPS) is 10.6. The van der Waals surface area contributed by atoms with E-state index in [9.17, 15) is 4.79 Å². The zero-order chi connectivity index (χ0) is 16.9. The third-order valence-electron chi connectivity index (χ3n) is 4.00. The van der Waals surface area contributed by atoms with E-state index in [0.29, 0.717) is 6.42 Å². The van der Waals surface area contributed by atoms with Crippen LogP contribution in [-0.2, 0) is 11.2 Å². The zero-order valence-electron chi connectivity index (χ0n) is 14.0. The van der Waals surface area contributed by atoms with Crippen LogP contribution in [0.4, 0.5) is 11.4 Å². The van der Waals surface area contributed by atoms with Crippen LogP contribution in [0.1, 0.15) is 12.0 Å². The monoisotopic (exact) mass is 319 g/mol. The van der Waals surface area contributed by atoms with Gasteiger partial charge in [-0.1, -0.05) is 30.3 Å². The van der Waals surface area contributed by atoms with Crippen LogP contribution in [0.3, 0.4) is 0 Å². The summed E-state index contributed by atoms with van der Waals surface area (Å²) in [4.78, 5) is 18.7. The number of benzene rings is 2. The summed E-state index contributed by atoms with van der Waals surface area (Å²) < 4.78 is 0. The molecule has 4 heteroatoms. The van der Waals surface area contributed by atoms with E-state index in [4.69, 9.17) is 0 Å². The van der Waals surface area contributed by atoms with E-state index in [-0.39, 0.29) is 5.91 Å². The first-order valence-electron chi connectivity index (χ1n) is 8.03. The first-order chi connectivity index (χ1) is 11.6. The molecular weight excluding hydrogens is 298 g/mol. The third-order valence-corrected chi connectivity index (χ3v) is 4.00. The lowest BCUT2D eigenvalue weighted by molar-refractivity contribution is -0.116. The number of pyridine rings is 1. The van der Waals surface area contributed by atoms with Gasteiger partial charge in [0.05, 0.1) is 11.2 Å². The van der Waals surface area contributed by atoms with Gasteiger partial charge in [0.2, 0.25) is 5.91 Å². The molecule has 3 rings (SSSR count). The van der Waals surface area contributed by atoms with E-state index >= 15 is 0 Å². The molecule has 0 aliphatic carbocycles. The van der Waals surface area contributed by atoms with Crippen LogP contribution < -0.4 is 10.2 Å². The van der Waals surface area contributed by atoms with Gasteiger partial charge in [0.1, 0.15) is 0 Å². The number of fused-ring (bicyclic) bond motifs is 1. The molecule has 3 aromatic rings. The number of carbonyl (C=O) groups is 1. The Morgan fingerprint density at radius 3 is 2.54 bits per heavy atom. The van der Waals surface area contributed by atoms with Gasteiger partial charge in [0.15, 0.2) is 0 Å². The molecular formula is C20H21N3O. The van der Waals surface area contributed by atoms with Crippen molar-refractivity contribution in [3.63, 3.8) is 0 Å². The lowest BCUT2D eigenvalue weighted by Gasteiger charge is -2.12. The minimum absolute atomic E-state index is 0.00448. The van der Waals surface area contributed by atoms with Crippen molar-refractivity contribution >= 4 is 28.2 Å². The molecule has 0 saturated heterocycles. The van der Waals surface area contributed by atoms with Gasteiger partial charge in [-0.15, -0.1) is 0 Å². The Labute approximate surface area is 142 Å². The van der Waals surface area contributed by atoms with E-state index in [1.807, 2.05) is 44.4 Å². The molecule has 1 amide bonds. The van der Waals surface area contributed by atoms with Crippen molar-refractivity contribution in [3.8, 4) is 0 Å². The van der Waals surface area contributed by atoms with Crippen molar-refractivity contribution in [2.75, 3.05) is 24.3 Å². The second-order valence-corrected chi connectivity index (χ2v) is 5.99. The number of nitrogens with zero attached hydrogens (tertiary/aromatic N) is 2. The lowest BCUT2D eigenvalue weighted by atomic mass is 10.1. The Morgan fingerprint density at radius 1 is 1.04 bits per heavy atom. The number of carbonyl (C=O) groups excluding carboxylic acids is 1. The Hall–Kier alpha value is -2.88. The van der Waals surface area contributed by atoms with Gasteiger partial charge in [-0.3, -0.25) is 9.78 Å². The van der Waals surface area contributed by atoms with Crippen molar-refractivity contribution in [2.45, 2.75) is 12.8 Å². The Bertz CT molecular complexity index is 836. The highest BCUT2D eigenvalue weighted by Gasteiger charge is 2.07. The highest BCUT2D eigenvalue weighted by Crippen LogP contribution is 2.21. The summed E-state index contributed by atoms with van der Waals surface area (Å²) >= 11 is 0. The fourth-order valence-electron chi connectivity index (χ4n) is 2.64. The molecule has 4 nitrogen and oxygen atoms in total. The number of nitrogens with one attached hydrogen (secondary N) is 1. The number of aryl methyl sites for hydroxylation is 1. The van der Waals surface area contributed by atoms with Crippen LogP contribution in [-0.4, -0.2) is 25.0 Å². The lowest BCUT2D eigenvalue weighted by Crippen LogP contribution is -2.13. The first-order valence-corrected chi connectivity index (χ1v) is 8.03. The summed E-state index contributed by atoms with van der Waals surface area (Å²) in [6.45, 7) is 0. The van der Waals surface area contributed by atoms with E-state index in [1.54, 1.807) is 6.20 Å². The summed E-state index contributed by atoms with van der Waals surface area (Å²) in [7, 11) is 4.03. The second-order valence-electron chi connectivity index (χ2n) is 5.99. The minimum Gasteiger partial charge on any atom is -0.378 e. The number of anilines is 2. The SMILES string of the molecule is CN(C)c1ccc(CCC(=O)Nc2cccc3cccnc23)cc1. The molecule has 0 atom stereocenters. The van der Waals surface area contributed by atoms with E-state index in [2.05, 4.69) is 39.5 Å². The molecule has 1 heterocycles. The number of hydrogen-bond acceptors (Lipinski definition) is 3. The van der Waals surface area contributed by atoms with Crippen LogP contribution in [0.2, 0.25) is 0 Å². The van der Waals surface area contributed by atoms with Gasteiger partial charge >= 0.3 is 0 Å². The maximum atomic E-state index is 12.3. The summed E-state index contributed by atoms with van der Waals surface area (Å²) in [5.41, 5.74) is 3.90. The Morgan fingerprint density at radius 2 is 1.79 bits per heavy atom. The fraction of sp³-hybridized carbons (Fsp3) is 0.200. The average Bonchev–Trinajstić information content (AvgIpc) is 2.61. The molecule has 1 N–H and O–H groups in total. The number of amides is 1. The molecule has 0 fully saturated rings. The quantitative estimate of drug-likeness (QED) is 0.776. The highest BCUT2D eigenvalue weighted by molar-refractivity contribution is 6.00. The number of rotatable bonds is 5. The van der Waals surface area contributed by atoms with E-state index in [1.165, 1.54) is 0 Å². The predicted octanol–water partition coefficient (Wildman–Crippen LogP) is 3.87. The van der Waals surface area contributed by atoms with Gasteiger partial charge < -0.3 is 10.2 Å². The van der Waals surface area contributed by atoms with Gasteiger partial charge in [-0.2, -0.15) is 0 Å². The average molecular weight is 319 g/mol. The first kappa shape index (κ1) is 16.0. The Kier molecular flexibility index (Phi) is 4.75. The maximum Gasteiger partial charge on any atom is 0.224 e. The molecule has 0 aliphatic rings. The van der Waals surface area contributed by atoms with Crippen LogP contribution in [0.25, 0.3) is 10.9 Å². The van der Waals surface area contributed by atoms with Crippen LogP contribution in [0.5, 0.6) is 0 Å². The number of aromatic nitrogens is 1. The van der Waals surface area contributed by atoms with Crippen LogP contribution in [0.15, 0.2) is 60.8 Å². The van der Waals surface area contributed by atoms with Crippen molar-refractivity contribution in [2.24, 2.45) is 0 Å². The van der Waals surface area contributed by atoms with Gasteiger partial charge in [0, 0.05) is 37.8 Å². The molecule has 1 aromatic heterocycles. The second kappa shape index (κ2) is 7.13. The number of hydrogen-bond donors (Lipinski definition) is 1. The summed E-state index contributed by atoms with van der Waals surface area (Å²) in [5, 5.41) is 4.00. The molecule has 122 valence electrons. The molecule has 0 spiro atoms. The molecule has 0 bridgehead atoms. The summed E-state index contributed by atoms with van der Waals surface area (Å²) in [6.07, 6.45) is 2.91. The van der Waals surface area contributed by atoms with Crippen molar-refractivity contribution < 1.29 is 4.79 Å². The molecule has 0 radical (unpaired) electrons. The van der Waals surface area contributed by atoms with E-state index < -0.39 is 0 Å². The predicted molar refractivity (Wildman–Crippen MR) is 99.5 cm³/mol. The minimum atomic E-state index is 0.00448. The van der Waals surface area contributed by atoms with Crippen LogP contribution >= 0.6 is 0 Å². The fourth-order valence-corrected chi connectivity index (χ4v) is 2.64. The molecule has 0 aliphatic heterocycles. The van der Waals surface area contributed by atoms with Gasteiger partial charge in [0.25, 0.3) is 0 Å². The van der Waals surface area contributed by atoms with Crippen molar-refractivity contribution in [1.82, 2.24) is 4.98 Å². The smallest absolute Gasteiger partial charge is 0.224 e. The zero-order valence-corrected chi connectivity index (χ0v) is 14.0. The molecule has 2 aromatic carbocycles. The van der Waals surface area contributed by atoms with Crippen molar-refractivity contribution in [1.29, 1.82) is 0 Å². The topological polar surface area (TPSA) is 45.2 Å². The van der Waals surface area contributed by atoms with Crippen molar-refractivity contribution in [3.05, 3.63) is 66.4 Å². The number of para-hydroxylation sites is 1. The summed E-state index contributed by atoms with van der Waals surface area (Å²) in [6, 6.07) is 18.0. The molecule has 24 heavy (non-hydrogen) atoms. The largest absolute Gasteiger partial charge is 0.378 e. The van der Waals surface area contributed by atoms with Gasteiger partial charge in [-0.05, 0) is 36.2 Å².